The SMILES string of the molecule is O=C(O)C1CC2CCCCC2N1C(=O)CN1CCc2ccccc21. The smallest absolute Gasteiger partial charge is 0.326 e. The fourth-order valence-corrected chi connectivity index (χ4v) is 4.86. The molecule has 4 rings (SSSR count). The molecule has 1 amide bonds. The Labute approximate surface area is 142 Å². The molecule has 24 heavy (non-hydrogen) atoms. The van der Waals surface area contributed by atoms with Crippen molar-refractivity contribution in [3.05, 3.63) is 29.8 Å². The molecule has 0 aromatic heterocycles. The number of carboxylic acids is 1. The van der Waals surface area contributed by atoms with E-state index in [1.165, 1.54) is 5.56 Å². The van der Waals surface area contributed by atoms with E-state index in [1.54, 1.807) is 4.90 Å². The first-order valence-electron chi connectivity index (χ1n) is 9.02. The van der Waals surface area contributed by atoms with E-state index in [-0.39, 0.29) is 11.9 Å². The summed E-state index contributed by atoms with van der Waals surface area (Å²) in [6, 6.07) is 7.67. The van der Waals surface area contributed by atoms with E-state index in [9.17, 15) is 14.7 Å². The zero-order chi connectivity index (χ0) is 16.7. The van der Waals surface area contributed by atoms with Gasteiger partial charge in [0.15, 0.2) is 0 Å². The van der Waals surface area contributed by atoms with Crippen LogP contribution in [0.2, 0.25) is 0 Å². The molecule has 3 unspecified atom stereocenters. The summed E-state index contributed by atoms with van der Waals surface area (Å²) in [4.78, 5) is 28.5. The summed E-state index contributed by atoms with van der Waals surface area (Å²) in [6.45, 7) is 1.13. The monoisotopic (exact) mass is 328 g/mol. The van der Waals surface area contributed by atoms with E-state index in [0.29, 0.717) is 18.9 Å². The number of rotatable bonds is 3. The fourth-order valence-electron chi connectivity index (χ4n) is 4.86. The summed E-state index contributed by atoms with van der Waals surface area (Å²) in [6.07, 6.45) is 5.86. The molecule has 2 aliphatic heterocycles. The molecular weight excluding hydrogens is 304 g/mol. The third-order valence-corrected chi connectivity index (χ3v) is 5.97. The Morgan fingerprint density at radius 2 is 1.96 bits per heavy atom. The van der Waals surface area contributed by atoms with Crippen molar-refractivity contribution in [3.63, 3.8) is 0 Å². The van der Waals surface area contributed by atoms with E-state index < -0.39 is 12.0 Å². The van der Waals surface area contributed by atoms with Crippen LogP contribution in [-0.4, -0.2) is 47.1 Å². The molecule has 5 heteroatoms. The molecule has 1 N–H and O–H groups in total. The van der Waals surface area contributed by atoms with Crippen molar-refractivity contribution < 1.29 is 14.7 Å². The van der Waals surface area contributed by atoms with Gasteiger partial charge in [-0.15, -0.1) is 0 Å². The van der Waals surface area contributed by atoms with Gasteiger partial charge in [-0.2, -0.15) is 0 Å². The molecule has 128 valence electrons. The Morgan fingerprint density at radius 3 is 2.79 bits per heavy atom. The van der Waals surface area contributed by atoms with Gasteiger partial charge in [0.25, 0.3) is 0 Å². The van der Waals surface area contributed by atoms with E-state index >= 15 is 0 Å². The van der Waals surface area contributed by atoms with Crippen molar-refractivity contribution in [2.24, 2.45) is 5.92 Å². The molecule has 2 fully saturated rings. The minimum absolute atomic E-state index is 0.0199. The highest BCUT2D eigenvalue weighted by Crippen LogP contribution is 2.40. The van der Waals surface area contributed by atoms with Gasteiger partial charge in [0.2, 0.25) is 5.91 Å². The Balaban J connectivity index is 1.53. The Bertz CT molecular complexity index is 660. The van der Waals surface area contributed by atoms with E-state index in [1.807, 2.05) is 12.1 Å². The average molecular weight is 328 g/mol. The van der Waals surface area contributed by atoms with Gasteiger partial charge in [-0.25, -0.2) is 4.79 Å². The van der Waals surface area contributed by atoms with Crippen LogP contribution < -0.4 is 4.90 Å². The Morgan fingerprint density at radius 1 is 1.17 bits per heavy atom. The summed E-state index contributed by atoms with van der Waals surface area (Å²) < 4.78 is 0. The standard InChI is InChI=1S/C19H24N2O3/c22-18(12-20-10-9-13-5-1-3-7-15(13)20)21-16-8-4-2-6-14(16)11-17(21)19(23)24/h1,3,5,7,14,16-17H,2,4,6,8-12H2,(H,23,24). The van der Waals surface area contributed by atoms with Gasteiger partial charge in [0.05, 0.1) is 6.54 Å². The van der Waals surface area contributed by atoms with Crippen LogP contribution >= 0.6 is 0 Å². The second kappa shape index (κ2) is 6.11. The molecule has 1 saturated carbocycles. The molecule has 1 aromatic rings. The van der Waals surface area contributed by atoms with Crippen molar-refractivity contribution in [1.82, 2.24) is 4.90 Å². The van der Waals surface area contributed by atoms with E-state index in [2.05, 4.69) is 17.0 Å². The molecule has 3 atom stereocenters. The topological polar surface area (TPSA) is 60.9 Å². The first-order chi connectivity index (χ1) is 11.6. The van der Waals surface area contributed by atoms with Crippen LogP contribution in [0.5, 0.6) is 0 Å². The Kier molecular flexibility index (Phi) is 3.94. The summed E-state index contributed by atoms with van der Waals surface area (Å²) in [5, 5.41) is 9.59. The predicted octanol–water partition coefficient (Wildman–Crippen LogP) is 2.29. The van der Waals surface area contributed by atoms with E-state index in [0.717, 1.165) is 44.3 Å². The molecule has 1 aromatic carbocycles. The molecule has 1 saturated heterocycles. The number of likely N-dealkylation sites (tertiary alicyclic amines) is 1. The van der Waals surface area contributed by atoms with Crippen molar-refractivity contribution >= 4 is 17.6 Å². The molecule has 1 aliphatic carbocycles. The van der Waals surface area contributed by atoms with Gasteiger partial charge in [-0.3, -0.25) is 4.79 Å². The number of carbonyl (C=O) groups is 2. The molecular formula is C19H24N2O3. The van der Waals surface area contributed by atoms with Crippen LogP contribution in [0.1, 0.15) is 37.7 Å². The van der Waals surface area contributed by atoms with Crippen LogP contribution in [0.4, 0.5) is 5.69 Å². The number of aliphatic carboxylic acids is 1. The normalized spacial score (nSPS) is 28.6. The number of hydrogen-bond donors (Lipinski definition) is 1. The van der Waals surface area contributed by atoms with Gasteiger partial charge in [-0.05, 0) is 43.2 Å². The first-order valence-corrected chi connectivity index (χ1v) is 9.02. The second-order valence-electron chi connectivity index (χ2n) is 7.30. The van der Waals surface area contributed by atoms with Gasteiger partial charge in [-0.1, -0.05) is 31.0 Å². The highest BCUT2D eigenvalue weighted by Gasteiger charge is 2.47. The summed E-state index contributed by atoms with van der Waals surface area (Å²) >= 11 is 0. The van der Waals surface area contributed by atoms with Crippen LogP contribution in [0, 0.1) is 5.92 Å². The highest BCUT2D eigenvalue weighted by atomic mass is 16.4. The number of fused-ring (bicyclic) bond motifs is 2. The Hall–Kier alpha value is -2.04. The van der Waals surface area contributed by atoms with Crippen molar-refractivity contribution in [3.8, 4) is 0 Å². The largest absolute Gasteiger partial charge is 0.480 e. The molecule has 5 nitrogen and oxygen atoms in total. The lowest BCUT2D eigenvalue weighted by Crippen LogP contribution is -2.49. The van der Waals surface area contributed by atoms with Gasteiger partial charge in [0, 0.05) is 18.3 Å². The molecule has 0 spiro atoms. The lowest BCUT2D eigenvalue weighted by atomic mass is 9.85. The zero-order valence-corrected chi connectivity index (χ0v) is 13.9. The minimum atomic E-state index is -0.848. The van der Waals surface area contributed by atoms with Crippen molar-refractivity contribution in [2.45, 2.75) is 50.6 Å². The maximum atomic E-state index is 13.0. The summed E-state index contributed by atoms with van der Waals surface area (Å²) in [5.41, 5.74) is 2.40. The molecule has 0 bridgehead atoms. The third kappa shape index (κ3) is 2.56. The molecule has 3 aliphatic rings. The first kappa shape index (κ1) is 15.5. The number of carbonyl (C=O) groups excluding carboxylic acids is 1. The number of benzene rings is 1. The van der Waals surface area contributed by atoms with Gasteiger partial charge in [0.1, 0.15) is 6.04 Å². The lowest BCUT2D eigenvalue weighted by Gasteiger charge is -2.34. The predicted molar refractivity (Wildman–Crippen MR) is 91.0 cm³/mol. The average Bonchev–Trinajstić information content (AvgIpc) is 3.16. The van der Waals surface area contributed by atoms with Crippen LogP contribution in [0.15, 0.2) is 24.3 Å². The zero-order valence-electron chi connectivity index (χ0n) is 13.9. The number of amides is 1. The highest BCUT2D eigenvalue weighted by molar-refractivity contribution is 5.88. The minimum Gasteiger partial charge on any atom is -0.480 e. The second-order valence-corrected chi connectivity index (χ2v) is 7.30. The van der Waals surface area contributed by atoms with Gasteiger partial charge >= 0.3 is 5.97 Å². The number of carboxylic acid groups (broad SMARTS) is 1. The number of para-hydroxylation sites is 1. The number of anilines is 1. The third-order valence-electron chi connectivity index (χ3n) is 5.97. The molecule has 0 radical (unpaired) electrons. The summed E-state index contributed by atoms with van der Waals surface area (Å²) in [7, 11) is 0. The van der Waals surface area contributed by atoms with Crippen LogP contribution in [0.25, 0.3) is 0 Å². The quantitative estimate of drug-likeness (QED) is 0.925. The lowest BCUT2D eigenvalue weighted by molar-refractivity contribution is -0.149. The molecule has 2 heterocycles. The maximum absolute atomic E-state index is 13.0. The van der Waals surface area contributed by atoms with Crippen LogP contribution in [-0.2, 0) is 16.0 Å². The van der Waals surface area contributed by atoms with E-state index in [4.69, 9.17) is 0 Å². The van der Waals surface area contributed by atoms with Crippen molar-refractivity contribution in [1.29, 1.82) is 0 Å². The maximum Gasteiger partial charge on any atom is 0.326 e. The van der Waals surface area contributed by atoms with Crippen LogP contribution in [0.3, 0.4) is 0 Å². The fraction of sp³-hybridized carbons (Fsp3) is 0.579. The number of hydrogen-bond acceptors (Lipinski definition) is 3. The summed E-state index contributed by atoms with van der Waals surface area (Å²) in [5.74, 6) is -0.497. The van der Waals surface area contributed by atoms with Gasteiger partial charge < -0.3 is 14.9 Å². The van der Waals surface area contributed by atoms with Crippen molar-refractivity contribution in [2.75, 3.05) is 18.0 Å². The number of nitrogens with zero attached hydrogens (tertiary/aromatic N) is 2.